The highest BCUT2D eigenvalue weighted by atomic mass is 16.5. The Hall–Kier alpha value is -1.83. The van der Waals surface area contributed by atoms with Crippen LogP contribution in [0.4, 0.5) is 4.79 Å². The van der Waals surface area contributed by atoms with Crippen LogP contribution in [-0.4, -0.2) is 67.8 Å². The van der Waals surface area contributed by atoms with E-state index in [1.807, 2.05) is 0 Å². The molecule has 0 rings (SSSR count). The molecule has 1 unspecified atom stereocenters. The smallest absolute Gasteiger partial charge is 0.317 e. The average molecular weight is 275 g/mol. The predicted molar refractivity (Wildman–Crippen MR) is 67.8 cm³/mol. The van der Waals surface area contributed by atoms with Gasteiger partial charge in [-0.3, -0.25) is 9.59 Å². The highest BCUT2D eigenvalue weighted by molar-refractivity contribution is 5.86. The van der Waals surface area contributed by atoms with E-state index >= 15 is 0 Å². The van der Waals surface area contributed by atoms with Crippen LogP contribution in [0, 0.1) is 0 Å². The third-order valence-corrected chi connectivity index (χ3v) is 2.35. The van der Waals surface area contributed by atoms with Crippen molar-refractivity contribution in [3.8, 4) is 0 Å². The number of amides is 3. The molecule has 0 aromatic carbocycles. The molecule has 0 spiro atoms. The largest absolute Gasteiger partial charge is 0.481 e. The topological polar surface area (TPSA) is 108 Å². The summed E-state index contributed by atoms with van der Waals surface area (Å²) in [4.78, 5) is 34.8. The van der Waals surface area contributed by atoms with Crippen LogP contribution in [0.1, 0.15) is 13.3 Å². The molecule has 0 aromatic rings. The summed E-state index contributed by atoms with van der Waals surface area (Å²) in [5, 5.41) is 13.6. The molecule has 0 radical (unpaired) electrons. The molecule has 0 heterocycles. The number of rotatable bonds is 8. The number of carbonyl (C=O) groups is 3. The molecule has 0 fully saturated rings. The molecule has 3 amide bonds. The summed E-state index contributed by atoms with van der Waals surface area (Å²) in [6.45, 7) is 2.39. The summed E-state index contributed by atoms with van der Waals surface area (Å²) in [6, 6.07) is -1.19. The lowest BCUT2D eigenvalue weighted by atomic mass is 10.3. The van der Waals surface area contributed by atoms with Gasteiger partial charge in [0, 0.05) is 27.2 Å². The van der Waals surface area contributed by atoms with Gasteiger partial charge in [0.15, 0.2) is 0 Å². The fraction of sp³-hybridized carbons (Fsp3) is 0.727. The monoisotopic (exact) mass is 275 g/mol. The second-order valence-corrected chi connectivity index (χ2v) is 4.02. The first-order valence-corrected chi connectivity index (χ1v) is 5.88. The first kappa shape index (κ1) is 17.2. The molecule has 3 N–H and O–H groups in total. The average Bonchev–Trinajstić information content (AvgIpc) is 2.35. The molecule has 0 bridgehead atoms. The van der Waals surface area contributed by atoms with E-state index in [0.717, 1.165) is 0 Å². The Kier molecular flexibility index (Phi) is 8.27. The van der Waals surface area contributed by atoms with E-state index in [1.165, 1.54) is 19.1 Å². The number of methoxy groups -OCH3 is 1. The van der Waals surface area contributed by atoms with Gasteiger partial charge in [-0.05, 0) is 6.92 Å². The molecular weight excluding hydrogens is 254 g/mol. The normalized spacial score (nSPS) is 11.5. The summed E-state index contributed by atoms with van der Waals surface area (Å²) < 4.78 is 4.78. The van der Waals surface area contributed by atoms with Gasteiger partial charge in [0.2, 0.25) is 5.91 Å². The number of hydrogen-bond acceptors (Lipinski definition) is 4. The standard InChI is InChI=1S/C11H21N3O5/c1-8(10(17)12-5-7-19-3)13-11(18)14(2)6-4-9(15)16/h8H,4-7H2,1-3H3,(H,12,17)(H,13,18)(H,15,16). The molecule has 0 aromatic heterocycles. The predicted octanol–water partition coefficient (Wildman–Crippen LogP) is -0.746. The van der Waals surface area contributed by atoms with Crippen molar-refractivity contribution in [2.45, 2.75) is 19.4 Å². The minimum Gasteiger partial charge on any atom is -0.481 e. The van der Waals surface area contributed by atoms with Gasteiger partial charge in [-0.2, -0.15) is 0 Å². The van der Waals surface area contributed by atoms with Gasteiger partial charge in [-0.1, -0.05) is 0 Å². The minimum absolute atomic E-state index is 0.0825. The van der Waals surface area contributed by atoms with Crippen LogP contribution in [-0.2, 0) is 14.3 Å². The van der Waals surface area contributed by atoms with Crippen molar-refractivity contribution >= 4 is 17.9 Å². The van der Waals surface area contributed by atoms with Gasteiger partial charge in [-0.25, -0.2) is 4.79 Å². The number of hydrogen-bond donors (Lipinski definition) is 3. The van der Waals surface area contributed by atoms with Crippen LogP contribution in [0.2, 0.25) is 0 Å². The third kappa shape index (κ3) is 7.98. The van der Waals surface area contributed by atoms with E-state index in [0.29, 0.717) is 13.2 Å². The maximum absolute atomic E-state index is 11.6. The molecular formula is C11H21N3O5. The maximum atomic E-state index is 11.6. The van der Waals surface area contributed by atoms with Crippen molar-refractivity contribution < 1.29 is 24.2 Å². The Labute approximate surface area is 112 Å². The molecule has 0 saturated heterocycles. The molecule has 1 atom stereocenters. The van der Waals surface area contributed by atoms with E-state index in [4.69, 9.17) is 9.84 Å². The molecule has 0 aliphatic heterocycles. The fourth-order valence-corrected chi connectivity index (χ4v) is 1.16. The van der Waals surface area contributed by atoms with E-state index in [2.05, 4.69) is 10.6 Å². The van der Waals surface area contributed by atoms with Crippen molar-refractivity contribution in [3.05, 3.63) is 0 Å². The van der Waals surface area contributed by atoms with Crippen molar-refractivity contribution in [1.29, 1.82) is 0 Å². The minimum atomic E-state index is -0.981. The lowest BCUT2D eigenvalue weighted by Crippen LogP contribution is -2.49. The zero-order chi connectivity index (χ0) is 14.8. The Balaban J connectivity index is 4.02. The maximum Gasteiger partial charge on any atom is 0.317 e. The second-order valence-electron chi connectivity index (χ2n) is 4.02. The van der Waals surface area contributed by atoms with Crippen LogP contribution in [0.15, 0.2) is 0 Å². The summed E-state index contributed by atoms with van der Waals surface area (Å²) in [7, 11) is 2.99. The van der Waals surface area contributed by atoms with Gasteiger partial charge >= 0.3 is 12.0 Å². The van der Waals surface area contributed by atoms with Crippen LogP contribution in [0.25, 0.3) is 0 Å². The van der Waals surface area contributed by atoms with E-state index < -0.39 is 18.0 Å². The van der Waals surface area contributed by atoms with E-state index in [1.54, 1.807) is 6.92 Å². The number of carbonyl (C=O) groups excluding carboxylic acids is 2. The van der Waals surface area contributed by atoms with E-state index in [9.17, 15) is 14.4 Å². The van der Waals surface area contributed by atoms with Gasteiger partial charge in [0.25, 0.3) is 0 Å². The van der Waals surface area contributed by atoms with Gasteiger partial charge in [-0.15, -0.1) is 0 Å². The van der Waals surface area contributed by atoms with Crippen LogP contribution in [0.5, 0.6) is 0 Å². The highest BCUT2D eigenvalue weighted by Gasteiger charge is 2.17. The summed E-state index contributed by atoms with van der Waals surface area (Å²) >= 11 is 0. The quantitative estimate of drug-likeness (QED) is 0.505. The third-order valence-electron chi connectivity index (χ3n) is 2.35. The molecule has 110 valence electrons. The van der Waals surface area contributed by atoms with Crippen LogP contribution < -0.4 is 10.6 Å². The van der Waals surface area contributed by atoms with Gasteiger partial charge in [0.1, 0.15) is 6.04 Å². The van der Waals surface area contributed by atoms with Gasteiger partial charge in [0.05, 0.1) is 13.0 Å². The fourth-order valence-electron chi connectivity index (χ4n) is 1.16. The van der Waals surface area contributed by atoms with Crippen molar-refractivity contribution in [1.82, 2.24) is 15.5 Å². The summed E-state index contributed by atoms with van der Waals surface area (Å²) in [5.74, 6) is -1.30. The zero-order valence-electron chi connectivity index (χ0n) is 11.4. The summed E-state index contributed by atoms with van der Waals surface area (Å²) in [5.41, 5.74) is 0. The molecule has 0 aliphatic rings. The van der Waals surface area contributed by atoms with Crippen molar-refractivity contribution in [3.63, 3.8) is 0 Å². The Morgan fingerprint density at radius 2 is 2.00 bits per heavy atom. The number of carboxylic acid groups (broad SMARTS) is 1. The number of aliphatic carboxylic acids is 1. The number of nitrogens with one attached hydrogen (secondary N) is 2. The highest BCUT2D eigenvalue weighted by Crippen LogP contribution is 1.91. The molecule has 8 nitrogen and oxygen atoms in total. The van der Waals surface area contributed by atoms with Crippen LogP contribution in [0.3, 0.4) is 0 Å². The number of carboxylic acids is 1. The van der Waals surface area contributed by atoms with Crippen molar-refractivity contribution in [2.24, 2.45) is 0 Å². The Morgan fingerprint density at radius 1 is 1.37 bits per heavy atom. The van der Waals surface area contributed by atoms with Crippen LogP contribution >= 0.6 is 0 Å². The SMILES string of the molecule is COCCNC(=O)C(C)NC(=O)N(C)CCC(=O)O. The first-order valence-electron chi connectivity index (χ1n) is 5.88. The molecule has 0 aliphatic carbocycles. The number of nitrogens with zero attached hydrogens (tertiary/aromatic N) is 1. The molecule has 0 saturated carbocycles. The van der Waals surface area contributed by atoms with Crippen molar-refractivity contribution in [2.75, 3.05) is 33.9 Å². The Morgan fingerprint density at radius 3 is 2.53 bits per heavy atom. The lowest BCUT2D eigenvalue weighted by Gasteiger charge is -2.20. The van der Waals surface area contributed by atoms with E-state index in [-0.39, 0.29) is 18.9 Å². The number of ether oxygens (including phenoxy) is 1. The first-order chi connectivity index (χ1) is 8.88. The van der Waals surface area contributed by atoms with Gasteiger partial charge < -0.3 is 25.4 Å². The number of urea groups is 1. The molecule has 19 heavy (non-hydrogen) atoms. The second kappa shape index (κ2) is 9.15. The molecule has 8 heteroatoms. The zero-order valence-corrected chi connectivity index (χ0v) is 11.4. The summed E-state index contributed by atoms with van der Waals surface area (Å²) in [6.07, 6.45) is -0.141. The lowest BCUT2D eigenvalue weighted by molar-refractivity contribution is -0.137. The Bertz CT molecular complexity index is 321.